The molecule has 2 N–H and O–H groups in total. The molecule has 0 saturated heterocycles. The third-order valence-corrected chi connectivity index (χ3v) is 3.58. The quantitative estimate of drug-likeness (QED) is 0.841. The van der Waals surface area contributed by atoms with E-state index in [9.17, 15) is 4.79 Å². The maximum Gasteiger partial charge on any atom is 0.315 e. The van der Waals surface area contributed by atoms with Crippen LogP contribution in [0.2, 0.25) is 0 Å². The molecule has 0 heterocycles. The summed E-state index contributed by atoms with van der Waals surface area (Å²) >= 11 is 0. The van der Waals surface area contributed by atoms with Gasteiger partial charge in [-0.1, -0.05) is 6.92 Å². The van der Waals surface area contributed by atoms with Crippen LogP contribution in [0.15, 0.2) is 0 Å². The summed E-state index contributed by atoms with van der Waals surface area (Å²) < 4.78 is 5.67. The molecule has 0 spiro atoms. The van der Waals surface area contributed by atoms with Gasteiger partial charge in [0.25, 0.3) is 0 Å². The Morgan fingerprint density at radius 1 is 1.28 bits per heavy atom. The molecule has 0 radical (unpaired) electrons. The van der Waals surface area contributed by atoms with Crippen LogP contribution in [0.25, 0.3) is 0 Å². The fourth-order valence-corrected chi connectivity index (χ4v) is 2.48. The number of hydrogen-bond acceptors (Lipinski definition) is 2. The van der Waals surface area contributed by atoms with E-state index in [1.807, 2.05) is 20.8 Å². The minimum absolute atomic E-state index is 0.162. The second-order valence-electron chi connectivity index (χ2n) is 6.41. The Bertz CT molecular complexity index is 265. The molecule has 0 aromatic rings. The smallest absolute Gasteiger partial charge is 0.315 e. The average molecular weight is 256 g/mol. The van der Waals surface area contributed by atoms with E-state index in [-0.39, 0.29) is 11.6 Å². The zero-order valence-corrected chi connectivity index (χ0v) is 12.2. The van der Waals surface area contributed by atoms with Crippen molar-refractivity contribution >= 4 is 6.03 Å². The number of primary amides is 1. The van der Waals surface area contributed by atoms with E-state index in [0.717, 1.165) is 18.8 Å². The molecule has 0 bridgehead atoms. The van der Waals surface area contributed by atoms with Gasteiger partial charge in [-0.05, 0) is 52.4 Å². The van der Waals surface area contributed by atoms with Crippen LogP contribution < -0.4 is 5.73 Å². The maximum absolute atomic E-state index is 11.5. The van der Waals surface area contributed by atoms with Crippen molar-refractivity contribution in [2.24, 2.45) is 11.7 Å². The second kappa shape index (κ2) is 6.41. The molecule has 18 heavy (non-hydrogen) atoms. The van der Waals surface area contributed by atoms with Crippen LogP contribution >= 0.6 is 0 Å². The summed E-state index contributed by atoms with van der Waals surface area (Å²) in [7, 11) is 0. The van der Waals surface area contributed by atoms with Gasteiger partial charge < -0.3 is 15.4 Å². The number of carbonyl (C=O) groups excluding carboxylic acids is 1. The predicted octanol–water partition coefficient (Wildman–Crippen LogP) is 2.76. The largest absolute Gasteiger partial charge is 0.374 e. The van der Waals surface area contributed by atoms with E-state index in [4.69, 9.17) is 10.5 Å². The first kappa shape index (κ1) is 15.3. The highest BCUT2D eigenvalue weighted by Gasteiger charge is 2.26. The normalized spacial score (nSPS) is 24.9. The molecular formula is C14H28N2O2. The summed E-state index contributed by atoms with van der Waals surface area (Å²) in [5, 5.41) is 0. The summed E-state index contributed by atoms with van der Waals surface area (Å²) in [5.74, 6) is 0.779. The molecule has 1 aliphatic carbocycles. The fourth-order valence-electron chi connectivity index (χ4n) is 2.48. The van der Waals surface area contributed by atoms with E-state index in [1.165, 1.54) is 12.8 Å². The highest BCUT2D eigenvalue weighted by atomic mass is 16.5. The fraction of sp³-hybridized carbons (Fsp3) is 0.929. The molecule has 0 atom stereocenters. The molecule has 0 aromatic carbocycles. The molecule has 0 aliphatic heterocycles. The molecule has 1 rings (SSSR count). The monoisotopic (exact) mass is 256 g/mol. The zero-order valence-electron chi connectivity index (χ0n) is 12.2. The molecule has 4 heteroatoms. The minimum atomic E-state index is -0.313. The van der Waals surface area contributed by atoms with Gasteiger partial charge in [0.1, 0.15) is 0 Å². The lowest BCUT2D eigenvalue weighted by molar-refractivity contribution is -0.0141. The Hall–Kier alpha value is -0.770. The van der Waals surface area contributed by atoms with Crippen molar-refractivity contribution in [1.82, 2.24) is 4.90 Å². The standard InChI is InChI=1S/C14H28N2O2/c1-11-5-7-12(8-6-11)16(13(15)17)9-10-18-14(2,3)4/h11-12H,5-10H2,1-4H3,(H2,15,17). The highest BCUT2D eigenvalue weighted by Crippen LogP contribution is 2.27. The molecule has 0 unspecified atom stereocenters. The van der Waals surface area contributed by atoms with Crippen LogP contribution in [-0.2, 0) is 4.74 Å². The summed E-state index contributed by atoms with van der Waals surface area (Å²) in [6.07, 6.45) is 4.52. The first-order chi connectivity index (χ1) is 8.29. The molecular weight excluding hydrogens is 228 g/mol. The van der Waals surface area contributed by atoms with Crippen LogP contribution in [0.1, 0.15) is 53.4 Å². The molecule has 1 fully saturated rings. The zero-order chi connectivity index (χ0) is 13.8. The average Bonchev–Trinajstić information content (AvgIpc) is 2.24. The Labute approximate surface area is 111 Å². The van der Waals surface area contributed by atoms with Gasteiger partial charge in [-0.2, -0.15) is 0 Å². The van der Waals surface area contributed by atoms with Crippen molar-refractivity contribution in [2.45, 2.75) is 65.0 Å². The third kappa shape index (κ3) is 5.25. The summed E-state index contributed by atoms with van der Waals surface area (Å²) in [6, 6.07) is -0.00525. The second-order valence-corrected chi connectivity index (χ2v) is 6.41. The van der Waals surface area contributed by atoms with Crippen molar-refractivity contribution in [3.05, 3.63) is 0 Å². The van der Waals surface area contributed by atoms with Gasteiger partial charge in [0.05, 0.1) is 12.2 Å². The number of ether oxygens (including phenoxy) is 1. The van der Waals surface area contributed by atoms with Crippen molar-refractivity contribution in [1.29, 1.82) is 0 Å². The summed E-state index contributed by atoms with van der Waals surface area (Å²) in [5.41, 5.74) is 5.32. The number of nitrogens with two attached hydrogens (primary N) is 1. The van der Waals surface area contributed by atoms with E-state index in [1.54, 1.807) is 4.90 Å². The maximum atomic E-state index is 11.5. The third-order valence-electron chi connectivity index (χ3n) is 3.58. The predicted molar refractivity (Wildman–Crippen MR) is 73.4 cm³/mol. The van der Waals surface area contributed by atoms with E-state index in [0.29, 0.717) is 19.2 Å². The lowest BCUT2D eigenvalue weighted by atomic mass is 9.86. The first-order valence-corrected chi connectivity index (χ1v) is 6.99. The number of amides is 2. The summed E-state index contributed by atoms with van der Waals surface area (Å²) in [6.45, 7) is 9.48. The number of urea groups is 1. The van der Waals surface area contributed by atoms with Crippen LogP contribution in [0, 0.1) is 5.92 Å². The van der Waals surface area contributed by atoms with Crippen LogP contribution in [0.3, 0.4) is 0 Å². The van der Waals surface area contributed by atoms with E-state index >= 15 is 0 Å². The number of hydrogen-bond donors (Lipinski definition) is 1. The van der Waals surface area contributed by atoms with E-state index < -0.39 is 0 Å². The van der Waals surface area contributed by atoms with Crippen LogP contribution in [0.4, 0.5) is 4.79 Å². The Kier molecular flexibility index (Phi) is 5.45. The molecule has 2 amide bonds. The van der Waals surface area contributed by atoms with Gasteiger partial charge in [-0.15, -0.1) is 0 Å². The molecule has 1 aliphatic rings. The van der Waals surface area contributed by atoms with Gasteiger partial charge in [0.2, 0.25) is 0 Å². The SMILES string of the molecule is CC1CCC(N(CCOC(C)(C)C)C(N)=O)CC1. The number of rotatable bonds is 4. The van der Waals surface area contributed by atoms with Crippen LogP contribution in [0.5, 0.6) is 0 Å². The topological polar surface area (TPSA) is 55.6 Å². The molecule has 106 valence electrons. The molecule has 4 nitrogen and oxygen atoms in total. The van der Waals surface area contributed by atoms with Gasteiger partial charge in [-0.25, -0.2) is 4.79 Å². The van der Waals surface area contributed by atoms with Gasteiger partial charge >= 0.3 is 6.03 Å². The lowest BCUT2D eigenvalue weighted by Crippen LogP contribution is -2.47. The number of nitrogens with zero attached hydrogens (tertiary/aromatic N) is 1. The van der Waals surface area contributed by atoms with Gasteiger partial charge in [0.15, 0.2) is 0 Å². The summed E-state index contributed by atoms with van der Waals surface area (Å²) in [4.78, 5) is 13.3. The Balaban J connectivity index is 2.42. The Morgan fingerprint density at radius 3 is 2.28 bits per heavy atom. The number of carbonyl (C=O) groups is 1. The highest BCUT2D eigenvalue weighted by molar-refractivity contribution is 5.72. The van der Waals surface area contributed by atoms with Crippen molar-refractivity contribution in [3.63, 3.8) is 0 Å². The van der Waals surface area contributed by atoms with Gasteiger partial charge in [-0.3, -0.25) is 0 Å². The lowest BCUT2D eigenvalue weighted by Gasteiger charge is -2.35. The minimum Gasteiger partial charge on any atom is -0.374 e. The first-order valence-electron chi connectivity index (χ1n) is 6.99. The molecule has 0 aromatic heterocycles. The van der Waals surface area contributed by atoms with Crippen molar-refractivity contribution < 1.29 is 9.53 Å². The van der Waals surface area contributed by atoms with E-state index in [2.05, 4.69) is 6.92 Å². The Morgan fingerprint density at radius 2 is 1.83 bits per heavy atom. The van der Waals surface area contributed by atoms with Crippen LogP contribution in [-0.4, -0.2) is 35.7 Å². The van der Waals surface area contributed by atoms with Crippen molar-refractivity contribution in [2.75, 3.05) is 13.2 Å². The molecule has 1 saturated carbocycles. The van der Waals surface area contributed by atoms with Gasteiger partial charge in [0, 0.05) is 12.6 Å². The van der Waals surface area contributed by atoms with Crippen molar-refractivity contribution in [3.8, 4) is 0 Å².